The second kappa shape index (κ2) is 3.84. The molecule has 90 valence electrons. The van der Waals surface area contributed by atoms with Gasteiger partial charge in [-0.25, -0.2) is 8.42 Å². The van der Waals surface area contributed by atoms with E-state index < -0.39 is 9.84 Å². The average molecular weight is 241 g/mol. The van der Waals surface area contributed by atoms with Crippen LogP contribution < -0.4 is 5.32 Å². The van der Waals surface area contributed by atoms with Gasteiger partial charge in [-0.05, 0) is 43.6 Å². The van der Waals surface area contributed by atoms with E-state index in [4.69, 9.17) is 0 Å². The Morgan fingerprint density at radius 1 is 1.25 bits per heavy atom. The summed E-state index contributed by atoms with van der Waals surface area (Å²) in [6, 6.07) is 0.216. The summed E-state index contributed by atoms with van der Waals surface area (Å²) in [6.45, 7) is 1.01. The zero-order valence-corrected chi connectivity index (χ0v) is 10.2. The summed E-state index contributed by atoms with van der Waals surface area (Å²) in [6.07, 6.45) is 8.13. The number of fused-ring (bicyclic) bond motifs is 2. The molecular weight excluding hydrogens is 222 g/mol. The lowest BCUT2D eigenvalue weighted by atomic mass is 9.93. The molecule has 4 heteroatoms. The molecular formula is C12H19NO2S. The van der Waals surface area contributed by atoms with Crippen molar-refractivity contribution in [1.29, 1.82) is 0 Å². The van der Waals surface area contributed by atoms with Gasteiger partial charge >= 0.3 is 0 Å². The van der Waals surface area contributed by atoms with Crippen LogP contribution in [-0.4, -0.2) is 32.5 Å². The van der Waals surface area contributed by atoms with Crippen molar-refractivity contribution in [2.24, 2.45) is 17.8 Å². The van der Waals surface area contributed by atoms with Gasteiger partial charge in [0.15, 0.2) is 9.84 Å². The van der Waals surface area contributed by atoms with Crippen molar-refractivity contribution in [3.05, 3.63) is 12.2 Å². The number of rotatable bonds is 3. The molecule has 4 atom stereocenters. The van der Waals surface area contributed by atoms with E-state index >= 15 is 0 Å². The Kier molecular flexibility index (Phi) is 2.59. The summed E-state index contributed by atoms with van der Waals surface area (Å²) < 4.78 is 22.6. The summed E-state index contributed by atoms with van der Waals surface area (Å²) in [5.74, 6) is 3.04. The zero-order chi connectivity index (χ0) is 11.2. The van der Waals surface area contributed by atoms with Crippen LogP contribution in [0, 0.1) is 17.8 Å². The fraction of sp³-hybridized carbons (Fsp3) is 0.833. The Morgan fingerprint density at radius 3 is 2.69 bits per heavy atom. The monoisotopic (exact) mass is 241 g/mol. The lowest BCUT2D eigenvalue weighted by molar-refractivity contribution is 0.391. The maximum absolute atomic E-state index is 11.3. The van der Waals surface area contributed by atoms with Gasteiger partial charge in [0, 0.05) is 6.04 Å². The average Bonchev–Trinajstić information content (AvgIpc) is 2.89. The van der Waals surface area contributed by atoms with E-state index in [1.54, 1.807) is 0 Å². The van der Waals surface area contributed by atoms with Gasteiger partial charge in [-0.3, -0.25) is 0 Å². The van der Waals surface area contributed by atoms with E-state index in [0.717, 1.165) is 30.7 Å². The Morgan fingerprint density at radius 2 is 2.12 bits per heavy atom. The second-order valence-corrected chi connectivity index (χ2v) is 7.78. The summed E-state index contributed by atoms with van der Waals surface area (Å²) in [5.41, 5.74) is 0. The number of hydrogen-bond donors (Lipinski definition) is 1. The number of sulfone groups is 1. The molecule has 0 amide bonds. The van der Waals surface area contributed by atoms with Crippen molar-refractivity contribution in [2.75, 3.05) is 18.1 Å². The zero-order valence-electron chi connectivity index (χ0n) is 9.43. The van der Waals surface area contributed by atoms with Crippen molar-refractivity contribution >= 4 is 9.84 Å². The highest BCUT2D eigenvalue weighted by Gasteiger charge is 2.36. The van der Waals surface area contributed by atoms with Crippen molar-refractivity contribution < 1.29 is 8.42 Å². The van der Waals surface area contributed by atoms with Crippen molar-refractivity contribution in [3.63, 3.8) is 0 Å². The first-order valence-corrected chi connectivity index (χ1v) is 8.07. The van der Waals surface area contributed by atoms with Gasteiger partial charge in [0.2, 0.25) is 0 Å². The predicted molar refractivity (Wildman–Crippen MR) is 63.9 cm³/mol. The fourth-order valence-electron chi connectivity index (χ4n) is 3.40. The molecule has 0 spiro atoms. The molecule has 3 aliphatic rings. The fourth-order valence-corrected chi connectivity index (χ4v) is 5.11. The standard InChI is InChI=1S/C12H19NO2S/c14-16(15)4-3-12(8-16)13-7-11-6-9-1-2-10(11)5-9/h1-2,9-13H,3-8H2. The molecule has 0 aromatic carbocycles. The predicted octanol–water partition coefficient (Wildman–Crippen LogP) is 0.975. The minimum atomic E-state index is -2.73. The van der Waals surface area contributed by atoms with Gasteiger partial charge in [-0.1, -0.05) is 12.2 Å². The van der Waals surface area contributed by atoms with Crippen LogP contribution in [0.15, 0.2) is 12.2 Å². The van der Waals surface area contributed by atoms with Crippen LogP contribution >= 0.6 is 0 Å². The Hall–Kier alpha value is -0.350. The van der Waals surface area contributed by atoms with Gasteiger partial charge in [-0.2, -0.15) is 0 Å². The van der Waals surface area contributed by atoms with Crippen molar-refractivity contribution in [3.8, 4) is 0 Å². The summed E-state index contributed by atoms with van der Waals surface area (Å²) in [7, 11) is -2.73. The second-order valence-electron chi connectivity index (χ2n) is 5.55. The van der Waals surface area contributed by atoms with E-state index in [-0.39, 0.29) is 6.04 Å². The molecule has 1 aliphatic heterocycles. The van der Waals surface area contributed by atoms with Crippen molar-refractivity contribution in [2.45, 2.75) is 25.3 Å². The SMILES string of the molecule is O=S1(=O)CCC(NCC2CC3C=CC2C3)C1. The maximum atomic E-state index is 11.3. The molecule has 1 saturated heterocycles. The number of hydrogen-bond acceptors (Lipinski definition) is 3. The largest absolute Gasteiger partial charge is 0.313 e. The molecule has 16 heavy (non-hydrogen) atoms. The maximum Gasteiger partial charge on any atom is 0.151 e. The van der Waals surface area contributed by atoms with Crippen LogP contribution in [0.1, 0.15) is 19.3 Å². The Balaban J connectivity index is 1.49. The molecule has 2 aliphatic carbocycles. The van der Waals surface area contributed by atoms with E-state index in [9.17, 15) is 8.42 Å². The van der Waals surface area contributed by atoms with E-state index in [1.165, 1.54) is 12.8 Å². The smallest absolute Gasteiger partial charge is 0.151 e. The lowest BCUT2D eigenvalue weighted by Gasteiger charge is -2.20. The normalized spacial score (nSPS) is 44.2. The molecule has 4 unspecified atom stereocenters. The third-order valence-electron chi connectivity index (χ3n) is 4.32. The van der Waals surface area contributed by atoms with Gasteiger partial charge in [0.25, 0.3) is 0 Å². The third kappa shape index (κ3) is 2.05. The first-order valence-electron chi connectivity index (χ1n) is 6.24. The molecule has 3 nitrogen and oxygen atoms in total. The van der Waals surface area contributed by atoms with Gasteiger partial charge < -0.3 is 5.32 Å². The van der Waals surface area contributed by atoms with Crippen LogP contribution in [0.2, 0.25) is 0 Å². The number of allylic oxidation sites excluding steroid dienone is 2. The first kappa shape index (κ1) is 10.8. The molecule has 1 saturated carbocycles. The summed E-state index contributed by atoms with van der Waals surface area (Å²) in [5, 5.41) is 3.45. The highest BCUT2D eigenvalue weighted by Crippen LogP contribution is 2.43. The third-order valence-corrected chi connectivity index (χ3v) is 6.09. The van der Waals surface area contributed by atoms with Crippen LogP contribution in [0.4, 0.5) is 0 Å². The first-order chi connectivity index (χ1) is 7.62. The van der Waals surface area contributed by atoms with Crippen LogP contribution in [0.5, 0.6) is 0 Å². The topological polar surface area (TPSA) is 46.2 Å². The molecule has 0 aromatic rings. The Labute approximate surface area is 97.2 Å². The van der Waals surface area contributed by atoms with E-state index in [0.29, 0.717) is 11.5 Å². The molecule has 0 aromatic heterocycles. The minimum Gasteiger partial charge on any atom is -0.313 e. The van der Waals surface area contributed by atoms with Gasteiger partial charge in [0.1, 0.15) is 0 Å². The van der Waals surface area contributed by atoms with E-state index in [1.807, 2.05) is 0 Å². The Bertz CT molecular complexity index is 401. The lowest BCUT2D eigenvalue weighted by Crippen LogP contribution is -2.35. The molecule has 0 radical (unpaired) electrons. The molecule has 3 rings (SSSR count). The van der Waals surface area contributed by atoms with Crippen LogP contribution in [0.3, 0.4) is 0 Å². The van der Waals surface area contributed by atoms with Gasteiger partial charge in [-0.15, -0.1) is 0 Å². The highest BCUT2D eigenvalue weighted by molar-refractivity contribution is 7.91. The van der Waals surface area contributed by atoms with E-state index in [2.05, 4.69) is 17.5 Å². The minimum absolute atomic E-state index is 0.216. The van der Waals surface area contributed by atoms with Gasteiger partial charge in [0.05, 0.1) is 11.5 Å². The summed E-state index contributed by atoms with van der Waals surface area (Å²) >= 11 is 0. The molecule has 2 bridgehead atoms. The van der Waals surface area contributed by atoms with Crippen LogP contribution in [-0.2, 0) is 9.84 Å². The molecule has 1 heterocycles. The van der Waals surface area contributed by atoms with Crippen LogP contribution in [0.25, 0.3) is 0 Å². The summed E-state index contributed by atoms with van der Waals surface area (Å²) in [4.78, 5) is 0. The van der Waals surface area contributed by atoms with Crippen molar-refractivity contribution in [1.82, 2.24) is 5.32 Å². The highest BCUT2D eigenvalue weighted by atomic mass is 32.2. The molecule has 1 N–H and O–H groups in total. The molecule has 2 fully saturated rings. The quantitative estimate of drug-likeness (QED) is 0.749. The number of nitrogens with one attached hydrogen (secondary N) is 1.